The molecule has 2 saturated carbocycles. The van der Waals surface area contributed by atoms with Gasteiger partial charge in [-0.1, -0.05) is 19.3 Å². The van der Waals surface area contributed by atoms with Crippen LogP contribution in [0, 0.1) is 5.92 Å². The summed E-state index contributed by atoms with van der Waals surface area (Å²) in [6.07, 6.45) is 7.03. The van der Waals surface area contributed by atoms with Crippen molar-refractivity contribution >= 4 is 9.28 Å². The normalized spacial score (nSPS) is 27.2. The van der Waals surface area contributed by atoms with Crippen LogP contribution in [0.5, 0.6) is 0 Å². The third kappa shape index (κ3) is 1.15. The molecule has 70 valence electrons. The van der Waals surface area contributed by atoms with Crippen molar-refractivity contribution in [1.82, 2.24) is 0 Å². The van der Waals surface area contributed by atoms with Gasteiger partial charge in [-0.05, 0) is 18.8 Å². The summed E-state index contributed by atoms with van der Waals surface area (Å²) >= 11 is 0. The fourth-order valence-corrected chi connectivity index (χ4v) is 4.99. The topological polar surface area (TPSA) is 18.5 Å². The van der Waals surface area contributed by atoms with E-state index >= 15 is 0 Å². The molecule has 2 aliphatic rings. The van der Waals surface area contributed by atoms with Crippen LogP contribution in [0.15, 0.2) is 0 Å². The zero-order valence-corrected chi connectivity index (χ0v) is 9.16. The van der Waals surface area contributed by atoms with Crippen molar-refractivity contribution in [2.24, 2.45) is 5.92 Å². The molecule has 2 rings (SSSR count). The minimum absolute atomic E-state index is 0.557. The highest BCUT2D eigenvalue weighted by Crippen LogP contribution is 2.66. The lowest BCUT2D eigenvalue weighted by Gasteiger charge is -2.36. The minimum Gasteiger partial charge on any atom is -0.400 e. The average molecular weight is 186 g/mol. The van der Waals surface area contributed by atoms with Gasteiger partial charge in [0.15, 0.2) is 0 Å². The molecule has 2 nitrogen and oxygen atoms in total. The van der Waals surface area contributed by atoms with E-state index in [2.05, 4.69) is 0 Å². The zero-order chi connectivity index (χ0) is 8.60. The molecule has 0 bridgehead atoms. The molecule has 2 aliphatic carbocycles. The molecule has 12 heavy (non-hydrogen) atoms. The first-order valence-electron chi connectivity index (χ1n) is 4.89. The van der Waals surface area contributed by atoms with Gasteiger partial charge < -0.3 is 8.85 Å². The molecule has 0 aliphatic heterocycles. The Morgan fingerprint density at radius 3 is 2.00 bits per heavy atom. The highest BCUT2D eigenvalue weighted by Gasteiger charge is 2.58. The molecule has 0 spiro atoms. The second-order valence-electron chi connectivity index (χ2n) is 4.16. The van der Waals surface area contributed by atoms with Crippen LogP contribution in [0.2, 0.25) is 5.04 Å². The van der Waals surface area contributed by atoms with E-state index in [1.807, 2.05) is 14.2 Å². The summed E-state index contributed by atoms with van der Waals surface area (Å²) in [4.78, 5) is 0. The van der Waals surface area contributed by atoms with E-state index in [1.165, 1.54) is 32.1 Å². The van der Waals surface area contributed by atoms with Crippen LogP contribution in [0.25, 0.3) is 0 Å². The van der Waals surface area contributed by atoms with Gasteiger partial charge in [-0.15, -0.1) is 0 Å². The quantitative estimate of drug-likeness (QED) is 0.624. The lowest BCUT2D eigenvalue weighted by Crippen LogP contribution is -2.35. The van der Waals surface area contributed by atoms with E-state index in [9.17, 15) is 0 Å². The van der Waals surface area contributed by atoms with Crippen LogP contribution in [-0.2, 0) is 8.85 Å². The molecular weight excluding hydrogens is 168 g/mol. The smallest absolute Gasteiger partial charge is 0.327 e. The molecule has 2 fully saturated rings. The molecular formula is C9H18O2Si. The van der Waals surface area contributed by atoms with Gasteiger partial charge in [0.1, 0.15) is 0 Å². The number of hydrogen-bond donors (Lipinski definition) is 0. The predicted molar refractivity (Wildman–Crippen MR) is 50.4 cm³/mol. The molecule has 0 radical (unpaired) electrons. The monoisotopic (exact) mass is 186 g/mol. The van der Waals surface area contributed by atoms with Crippen molar-refractivity contribution in [1.29, 1.82) is 0 Å². The van der Waals surface area contributed by atoms with E-state index in [-0.39, 0.29) is 0 Å². The summed E-state index contributed by atoms with van der Waals surface area (Å²) in [6, 6.07) is 0. The Morgan fingerprint density at radius 1 is 1.17 bits per heavy atom. The van der Waals surface area contributed by atoms with Crippen molar-refractivity contribution in [2.45, 2.75) is 37.1 Å². The number of hydrogen-bond acceptors (Lipinski definition) is 2. The highest BCUT2D eigenvalue weighted by molar-refractivity contribution is 6.50. The second kappa shape index (κ2) is 3.12. The van der Waals surface area contributed by atoms with Crippen molar-refractivity contribution < 1.29 is 8.85 Å². The van der Waals surface area contributed by atoms with Crippen molar-refractivity contribution in [2.75, 3.05) is 14.2 Å². The molecule has 0 heterocycles. The van der Waals surface area contributed by atoms with Gasteiger partial charge >= 0.3 is 9.28 Å². The van der Waals surface area contributed by atoms with E-state index < -0.39 is 9.28 Å². The lowest BCUT2D eigenvalue weighted by molar-refractivity contribution is 0.204. The molecule has 0 N–H and O–H groups in total. The summed E-state index contributed by atoms with van der Waals surface area (Å²) in [7, 11) is 2.32. The maximum atomic E-state index is 5.50. The van der Waals surface area contributed by atoms with E-state index in [0.717, 1.165) is 5.92 Å². The Bertz CT molecular complexity index is 160. The van der Waals surface area contributed by atoms with Crippen molar-refractivity contribution in [3.63, 3.8) is 0 Å². The largest absolute Gasteiger partial charge is 0.400 e. The Hall–Kier alpha value is 0.137. The Morgan fingerprint density at radius 2 is 1.75 bits per heavy atom. The van der Waals surface area contributed by atoms with Crippen LogP contribution in [0.3, 0.4) is 0 Å². The van der Waals surface area contributed by atoms with Gasteiger partial charge in [-0.25, -0.2) is 0 Å². The lowest BCUT2D eigenvalue weighted by atomic mass is 9.81. The summed E-state index contributed by atoms with van der Waals surface area (Å²) in [5.74, 6) is 0.953. The summed E-state index contributed by atoms with van der Waals surface area (Å²) < 4.78 is 11.0. The van der Waals surface area contributed by atoms with Crippen LogP contribution < -0.4 is 0 Å². The Balaban J connectivity index is 1.98. The second-order valence-corrected chi connectivity index (χ2v) is 6.92. The maximum Gasteiger partial charge on any atom is 0.327 e. The molecule has 3 heteroatoms. The third-order valence-corrected chi connectivity index (χ3v) is 6.49. The first kappa shape index (κ1) is 8.72. The van der Waals surface area contributed by atoms with E-state index in [0.29, 0.717) is 5.04 Å². The minimum atomic E-state index is -1.31. The molecule has 0 aromatic rings. The van der Waals surface area contributed by atoms with Crippen LogP contribution >= 0.6 is 0 Å². The van der Waals surface area contributed by atoms with Crippen LogP contribution in [0.1, 0.15) is 32.1 Å². The Kier molecular flexibility index (Phi) is 2.27. The van der Waals surface area contributed by atoms with Gasteiger partial charge in [0.2, 0.25) is 0 Å². The average Bonchev–Trinajstić information content (AvgIpc) is 2.68. The molecule has 0 aromatic carbocycles. The molecule has 0 aromatic heterocycles. The molecule has 0 saturated heterocycles. The Labute approximate surface area is 76.1 Å². The molecule has 0 amide bonds. The van der Waals surface area contributed by atoms with Gasteiger partial charge in [0.05, 0.1) is 0 Å². The van der Waals surface area contributed by atoms with Gasteiger partial charge in [-0.3, -0.25) is 0 Å². The predicted octanol–water partition coefficient (Wildman–Crippen LogP) is 1.83. The van der Waals surface area contributed by atoms with Crippen LogP contribution in [0.4, 0.5) is 0 Å². The first-order valence-corrected chi connectivity index (χ1v) is 6.41. The molecule has 0 atom stereocenters. The maximum absolute atomic E-state index is 5.50. The van der Waals surface area contributed by atoms with Gasteiger partial charge in [-0.2, -0.15) is 0 Å². The van der Waals surface area contributed by atoms with E-state index in [4.69, 9.17) is 8.85 Å². The van der Waals surface area contributed by atoms with Gasteiger partial charge in [0.25, 0.3) is 0 Å². The summed E-state index contributed by atoms with van der Waals surface area (Å²) in [5, 5.41) is 0.557. The highest BCUT2D eigenvalue weighted by atomic mass is 28.3. The first-order chi connectivity index (χ1) is 5.83. The number of rotatable bonds is 4. The fourth-order valence-electron chi connectivity index (χ4n) is 2.53. The molecule has 0 unspecified atom stereocenters. The SMILES string of the molecule is CO[SiH](OC)C1(C2CCC2)CC1. The third-order valence-electron chi connectivity index (χ3n) is 3.64. The van der Waals surface area contributed by atoms with E-state index in [1.54, 1.807) is 0 Å². The van der Waals surface area contributed by atoms with Crippen LogP contribution in [-0.4, -0.2) is 23.5 Å². The van der Waals surface area contributed by atoms with Gasteiger partial charge in [0, 0.05) is 19.3 Å². The summed E-state index contributed by atoms with van der Waals surface area (Å²) in [6.45, 7) is 0. The standard InChI is InChI=1S/C9H18O2Si/c1-10-12(11-2)9(6-7-9)8-4-3-5-8/h8,12H,3-7H2,1-2H3. The van der Waals surface area contributed by atoms with Crippen molar-refractivity contribution in [3.8, 4) is 0 Å². The zero-order valence-electron chi connectivity index (χ0n) is 8.01. The fraction of sp³-hybridized carbons (Fsp3) is 1.00. The van der Waals surface area contributed by atoms with Crippen molar-refractivity contribution in [3.05, 3.63) is 0 Å². The summed E-state index contributed by atoms with van der Waals surface area (Å²) in [5.41, 5.74) is 0.